The van der Waals surface area contributed by atoms with Gasteiger partial charge in [-0.15, -0.1) is 0 Å². The van der Waals surface area contributed by atoms with Crippen LogP contribution in [0.2, 0.25) is 0 Å². The summed E-state index contributed by atoms with van der Waals surface area (Å²) in [6.45, 7) is 2.31. The molecule has 130 valence electrons. The number of carboxylic acids is 1. The van der Waals surface area contributed by atoms with Crippen LogP contribution in [0.4, 0.5) is 0 Å². The van der Waals surface area contributed by atoms with Gasteiger partial charge in [0, 0.05) is 0 Å². The van der Waals surface area contributed by atoms with Crippen molar-refractivity contribution >= 4 is 11.9 Å². The van der Waals surface area contributed by atoms with Gasteiger partial charge in [-0.05, 0) is 49.3 Å². The van der Waals surface area contributed by atoms with E-state index in [-0.39, 0.29) is 19.1 Å². The van der Waals surface area contributed by atoms with E-state index in [4.69, 9.17) is 9.47 Å². The minimum Gasteiger partial charge on any atom is -0.480 e. The Bertz CT molecular complexity index is 634. The van der Waals surface area contributed by atoms with Gasteiger partial charge in [-0.1, -0.05) is 19.4 Å². The van der Waals surface area contributed by atoms with Crippen molar-refractivity contribution in [2.75, 3.05) is 6.79 Å². The molecule has 6 nitrogen and oxygen atoms in total. The molecule has 24 heavy (non-hydrogen) atoms. The number of amides is 1. The number of fused-ring (bicyclic) bond motifs is 1. The summed E-state index contributed by atoms with van der Waals surface area (Å²) in [5.41, 5.74) is -0.349. The number of benzene rings is 1. The number of carbonyl (C=O) groups is 2. The molecule has 1 saturated carbocycles. The third-order valence-electron chi connectivity index (χ3n) is 5.13. The third-order valence-corrected chi connectivity index (χ3v) is 5.13. The Kier molecular flexibility index (Phi) is 4.64. The maximum absolute atomic E-state index is 12.4. The molecule has 3 rings (SSSR count). The highest BCUT2D eigenvalue weighted by molar-refractivity contribution is 5.88. The van der Waals surface area contributed by atoms with Crippen LogP contribution in [0.1, 0.15) is 44.6 Å². The molecule has 1 aromatic rings. The molecular weight excluding hydrogens is 310 g/mol. The highest BCUT2D eigenvalue weighted by Gasteiger charge is 2.42. The molecule has 1 amide bonds. The van der Waals surface area contributed by atoms with Crippen LogP contribution in [0.15, 0.2) is 18.2 Å². The number of hydrogen-bond acceptors (Lipinski definition) is 4. The van der Waals surface area contributed by atoms with Crippen LogP contribution in [-0.2, 0) is 16.0 Å². The highest BCUT2D eigenvalue weighted by atomic mass is 16.7. The van der Waals surface area contributed by atoms with Crippen molar-refractivity contribution in [2.45, 2.75) is 51.0 Å². The highest BCUT2D eigenvalue weighted by Crippen LogP contribution is 2.35. The second kappa shape index (κ2) is 6.71. The molecule has 1 aliphatic heterocycles. The number of aliphatic carboxylic acids is 1. The fourth-order valence-electron chi connectivity index (χ4n) is 3.52. The number of hydrogen-bond donors (Lipinski definition) is 2. The Morgan fingerprint density at radius 1 is 1.25 bits per heavy atom. The SMILES string of the molecule is CCC1CCC(NC(=O)Cc2ccc3c(c2)OCO3)(C(=O)O)CC1. The summed E-state index contributed by atoms with van der Waals surface area (Å²) >= 11 is 0. The molecule has 0 atom stereocenters. The normalized spacial score (nSPS) is 25.3. The third kappa shape index (κ3) is 3.32. The second-order valence-corrected chi connectivity index (χ2v) is 6.65. The number of rotatable bonds is 5. The van der Waals surface area contributed by atoms with Crippen LogP contribution < -0.4 is 14.8 Å². The largest absolute Gasteiger partial charge is 0.480 e. The molecule has 0 radical (unpaired) electrons. The number of ether oxygens (including phenoxy) is 2. The molecule has 6 heteroatoms. The zero-order valence-corrected chi connectivity index (χ0v) is 13.8. The first kappa shape index (κ1) is 16.6. The lowest BCUT2D eigenvalue weighted by molar-refractivity contribution is -0.149. The van der Waals surface area contributed by atoms with E-state index in [1.54, 1.807) is 18.2 Å². The van der Waals surface area contributed by atoms with E-state index in [0.717, 1.165) is 24.8 Å². The Balaban J connectivity index is 1.65. The monoisotopic (exact) mass is 333 g/mol. The summed E-state index contributed by atoms with van der Waals surface area (Å²) in [6, 6.07) is 5.34. The zero-order chi connectivity index (χ0) is 17.2. The smallest absolute Gasteiger partial charge is 0.329 e. The lowest BCUT2D eigenvalue weighted by atomic mass is 9.75. The minimum absolute atomic E-state index is 0.128. The lowest BCUT2D eigenvalue weighted by Gasteiger charge is -2.37. The average Bonchev–Trinajstić information content (AvgIpc) is 3.03. The van der Waals surface area contributed by atoms with E-state index in [0.29, 0.717) is 30.3 Å². The molecule has 1 fully saturated rings. The molecule has 1 aliphatic carbocycles. The van der Waals surface area contributed by atoms with Crippen LogP contribution in [0.5, 0.6) is 11.5 Å². The average molecular weight is 333 g/mol. The van der Waals surface area contributed by atoms with Gasteiger partial charge in [0.15, 0.2) is 11.5 Å². The Morgan fingerprint density at radius 3 is 2.62 bits per heavy atom. The van der Waals surface area contributed by atoms with Crippen LogP contribution in [0, 0.1) is 5.92 Å². The number of carbonyl (C=O) groups excluding carboxylic acids is 1. The summed E-state index contributed by atoms with van der Waals surface area (Å²) in [5.74, 6) is 0.640. The molecule has 0 saturated heterocycles. The quantitative estimate of drug-likeness (QED) is 0.865. The molecule has 0 aromatic heterocycles. The maximum Gasteiger partial charge on any atom is 0.329 e. The molecule has 0 unspecified atom stereocenters. The number of nitrogens with one attached hydrogen (secondary N) is 1. The van der Waals surface area contributed by atoms with Gasteiger partial charge in [0.25, 0.3) is 0 Å². The maximum atomic E-state index is 12.4. The topological polar surface area (TPSA) is 84.9 Å². The van der Waals surface area contributed by atoms with Gasteiger partial charge in [-0.25, -0.2) is 4.79 Å². The summed E-state index contributed by atoms with van der Waals surface area (Å²) in [4.78, 5) is 24.2. The van der Waals surface area contributed by atoms with Crippen LogP contribution in [0.25, 0.3) is 0 Å². The first-order valence-electron chi connectivity index (χ1n) is 8.45. The van der Waals surface area contributed by atoms with E-state index < -0.39 is 11.5 Å². The molecule has 2 aliphatic rings. The van der Waals surface area contributed by atoms with Crippen molar-refractivity contribution in [2.24, 2.45) is 5.92 Å². The van der Waals surface area contributed by atoms with Gasteiger partial charge < -0.3 is 19.9 Å². The Morgan fingerprint density at radius 2 is 1.96 bits per heavy atom. The van der Waals surface area contributed by atoms with E-state index in [9.17, 15) is 14.7 Å². The molecule has 0 spiro atoms. The van der Waals surface area contributed by atoms with Crippen molar-refractivity contribution < 1.29 is 24.2 Å². The fourth-order valence-corrected chi connectivity index (χ4v) is 3.52. The van der Waals surface area contributed by atoms with Crippen molar-refractivity contribution in [1.82, 2.24) is 5.32 Å². The van der Waals surface area contributed by atoms with Gasteiger partial charge in [0.05, 0.1) is 6.42 Å². The molecule has 0 bridgehead atoms. The molecule has 2 N–H and O–H groups in total. The van der Waals surface area contributed by atoms with Crippen LogP contribution in [-0.4, -0.2) is 29.3 Å². The summed E-state index contributed by atoms with van der Waals surface area (Å²) in [5, 5.41) is 12.4. The van der Waals surface area contributed by atoms with Gasteiger partial charge in [0.1, 0.15) is 5.54 Å². The van der Waals surface area contributed by atoms with E-state index in [1.165, 1.54) is 0 Å². The van der Waals surface area contributed by atoms with E-state index >= 15 is 0 Å². The standard InChI is InChI=1S/C18H23NO5/c1-2-12-5-7-18(8-6-12,17(21)22)19-16(20)10-13-3-4-14-15(9-13)24-11-23-14/h3-4,9,12H,2,5-8,10-11H2,1H3,(H,19,20)(H,21,22). The van der Waals surface area contributed by atoms with Gasteiger partial charge in [0.2, 0.25) is 12.7 Å². The van der Waals surface area contributed by atoms with Crippen LogP contribution in [0.3, 0.4) is 0 Å². The summed E-state index contributed by atoms with van der Waals surface area (Å²) in [7, 11) is 0. The zero-order valence-electron chi connectivity index (χ0n) is 13.8. The fraction of sp³-hybridized carbons (Fsp3) is 0.556. The first-order chi connectivity index (χ1) is 11.5. The van der Waals surface area contributed by atoms with Crippen LogP contribution >= 0.6 is 0 Å². The van der Waals surface area contributed by atoms with Crippen molar-refractivity contribution in [3.63, 3.8) is 0 Å². The molecular formula is C18H23NO5. The summed E-state index contributed by atoms with van der Waals surface area (Å²) in [6.07, 6.45) is 3.85. The number of carboxylic acid groups (broad SMARTS) is 1. The van der Waals surface area contributed by atoms with Gasteiger partial charge >= 0.3 is 5.97 Å². The summed E-state index contributed by atoms with van der Waals surface area (Å²) < 4.78 is 10.6. The van der Waals surface area contributed by atoms with E-state index in [2.05, 4.69) is 12.2 Å². The Labute approximate surface area is 141 Å². The molecule has 1 aromatic carbocycles. The first-order valence-corrected chi connectivity index (χ1v) is 8.45. The van der Waals surface area contributed by atoms with Crippen molar-refractivity contribution in [3.05, 3.63) is 23.8 Å². The Hall–Kier alpha value is -2.24. The predicted molar refractivity (Wildman–Crippen MR) is 87.0 cm³/mol. The van der Waals surface area contributed by atoms with E-state index in [1.807, 2.05) is 0 Å². The van der Waals surface area contributed by atoms with Gasteiger partial charge in [-0.3, -0.25) is 4.79 Å². The second-order valence-electron chi connectivity index (χ2n) is 6.65. The van der Waals surface area contributed by atoms with Gasteiger partial charge in [-0.2, -0.15) is 0 Å². The predicted octanol–water partition coefficient (Wildman–Crippen LogP) is 2.50. The van der Waals surface area contributed by atoms with Crippen molar-refractivity contribution in [3.8, 4) is 11.5 Å². The molecule has 1 heterocycles. The lowest BCUT2D eigenvalue weighted by Crippen LogP contribution is -2.56. The minimum atomic E-state index is -1.13. The van der Waals surface area contributed by atoms with Crippen molar-refractivity contribution in [1.29, 1.82) is 0 Å².